The monoisotopic (exact) mass is 174 g/mol. The van der Waals surface area contributed by atoms with Gasteiger partial charge in [0, 0.05) is 13.2 Å². The van der Waals surface area contributed by atoms with Crippen LogP contribution in [0.1, 0.15) is 6.92 Å². The van der Waals surface area contributed by atoms with Crippen molar-refractivity contribution in [3.63, 3.8) is 0 Å². The summed E-state index contributed by atoms with van der Waals surface area (Å²) < 4.78 is 23.8. The highest BCUT2D eigenvalue weighted by molar-refractivity contribution is 7.91. The lowest BCUT2D eigenvalue weighted by atomic mass is 10.7. The molecule has 1 heterocycles. The predicted octanol–water partition coefficient (Wildman–Crippen LogP) is 0.214. The SMILES string of the molecule is CCS(=O)(=O)c1cnn(C)c1. The van der Waals surface area contributed by atoms with Crippen molar-refractivity contribution in [3.8, 4) is 0 Å². The summed E-state index contributed by atoms with van der Waals surface area (Å²) in [5.74, 6) is 0.124. The highest BCUT2D eigenvalue weighted by atomic mass is 32.2. The minimum absolute atomic E-state index is 0.124. The molecule has 0 saturated heterocycles. The van der Waals surface area contributed by atoms with Gasteiger partial charge in [0.1, 0.15) is 4.90 Å². The largest absolute Gasteiger partial charge is 0.274 e. The van der Waals surface area contributed by atoms with E-state index in [9.17, 15) is 8.42 Å². The molecule has 0 aliphatic heterocycles. The van der Waals surface area contributed by atoms with Crippen LogP contribution in [0.3, 0.4) is 0 Å². The fourth-order valence-corrected chi connectivity index (χ4v) is 1.58. The van der Waals surface area contributed by atoms with Gasteiger partial charge in [0.15, 0.2) is 9.84 Å². The zero-order valence-electron chi connectivity index (χ0n) is 6.48. The van der Waals surface area contributed by atoms with Gasteiger partial charge in [-0.3, -0.25) is 4.68 Å². The molecule has 1 rings (SSSR count). The molecule has 11 heavy (non-hydrogen) atoms. The van der Waals surface area contributed by atoms with Crippen LogP contribution in [0.5, 0.6) is 0 Å². The molecule has 0 N–H and O–H groups in total. The molecule has 0 spiro atoms. The molecule has 0 saturated carbocycles. The first-order valence-corrected chi connectivity index (χ1v) is 4.93. The third kappa shape index (κ3) is 1.59. The first-order valence-electron chi connectivity index (χ1n) is 3.27. The summed E-state index contributed by atoms with van der Waals surface area (Å²) in [5, 5.41) is 3.77. The Hall–Kier alpha value is -0.840. The van der Waals surface area contributed by atoms with E-state index in [1.807, 2.05) is 0 Å². The summed E-state index contributed by atoms with van der Waals surface area (Å²) in [5.41, 5.74) is 0. The van der Waals surface area contributed by atoms with Crippen LogP contribution in [-0.4, -0.2) is 24.0 Å². The fourth-order valence-electron chi connectivity index (χ4n) is 0.726. The van der Waals surface area contributed by atoms with Crippen molar-refractivity contribution in [2.45, 2.75) is 11.8 Å². The van der Waals surface area contributed by atoms with E-state index in [-0.39, 0.29) is 5.75 Å². The average molecular weight is 174 g/mol. The number of aryl methyl sites for hydroxylation is 1. The first kappa shape index (κ1) is 8.26. The van der Waals surface area contributed by atoms with Crippen LogP contribution in [0.15, 0.2) is 17.3 Å². The molecule has 5 heteroatoms. The second kappa shape index (κ2) is 2.65. The lowest BCUT2D eigenvalue weighted by molar-refractivity contribution is 0.597. The molecule has 0 amide bonds. The lowest BCUT2D eigenvalue weighted by Crippen LogP contribution is -2.01. The number of nitrogens with zero attached hydrogens (tertiary/aromatic N) is 2. The maximum absolute atomic E-state index is 11.2. The van der Waals surface area contributed by atoms with Crippen molar-refractivity contribution < 1.29 is 8.42 Å². The summed E-state index contributed by atoms with van der Waals surface area (Å²) in [4.78, 5) is 0.294. The Labute approximate surface area is 65.8 Å². The maximum Gasteiger partial charge on any atom is 0.181 e. The van der Waals surface area contributed by atoms with Gasteiger partial charge < -0.3 is 0 Å². The number of aromatic nitrogens is 2. The quantitative estimate of drug-likeness (QED) is 0.644. The minimum atomic E-state index is -3.06. The molecule has 62 valence electrons. The third-order valence-corrected chi connectivity index (χ3v) is 3.11. The van der Waals surface area contributed by atoms with E-state index in [4.69, 9.17) is 0 Å². The zero-order chi connectivity index (χ0) is 8.48. The summed E-state index contributed by atoms with van der Waals surface area (Å²) >= 11 is 0. The summed E-state index contributed by atoms with van der Waals surface area (Å²) in [6.07, 6.45) is 2.86. The number of hydrogen-bond acceptors (Lipinski definition) is 3. The lowest BCUT2D eigenvalue weighted by Gasteiger charge is -1.92. The third-order valence-electron chi connectivity index (χ3n) is 1.42. The zero-order valence-corrected chi connectivity index (χ0v) is 7.30. The second-order valence-corrected chi connectivity index (χ2v) is 4.53. The van der Waals surface area contributed by atoms with Crippen molar-refractivity contribution in [3.05, 3.63) is 12.4 Å². The van der Waals surface area contributed by atoms with Crippen LogP contribution in [0.4, 0.5) is 0 Å². The maximum atomic E-state index is 11.2. The van der Waals surface area contributed by atoms with Crippen molar-refractivity contribution >= 4 is 9.84 Å². The Morgan fingerprint density at radius 3 is 2.64 bits per heavy atom. The van der Waals surface area contributed by atoms with Gasteiger partial charge in [0.25, 0.3) is 0 Å². The molecule has 4 nitrogen and oxygen atoms in total. The van der Waals surface area contributed by atoms with Crippen LogP contribution in [0.25, 0.3) is 0 Å². The van der Waals surface area contributed by atoms with E-state index >= 15 is 0 Å². The van der Waals surface area contributed by atoms with Gasteiger partial charge in [-0.05, 0) is 0 Å². The van der Waals surface area contributed by atoms with Crippen molar-refractivity contribution in [1.29, 1.82) is 0 Å². The van der Waals surface area contributed by atoms with Crippen molar-refractivity contribution in [2.24, 2.45) is 7.05 Å². The van der Waals surface area contributed by atoms with Crippen LogP contribution in [0, 0.1) is 0 Å². The van der Waals surface area contributed by atoms with Gasteiger partial charge in [-0.25, -0.2) is 8.42 Å². The van der Waals surface area contributed by atoms with Crippen LogP contribution in [-0.2, 0) is 16.9 Å². The summed E-state index contributed by atoms with van der Waals surface area (Å²) in [6.45, 7) is 1.61. The molecular weight excluding hydrogens is 164 g/mol. The van der Waals surface area contributed by atoms with Gasteiger partial charge >= 0.3 is 0 Å². The number of hydrogen-bond donors (Lipinski definition) is 0. The Morgan fingerprint density at radius 1 is 1.64 bits per heavy atom. The van der Waals surface area contributed by atoms with E-state index in [2.05, 4.69) is 5.10 Å². The second-order valence-electron chi connectivity index (χ2n) is 2.25. The highest BCUT2D eigenvalue weighted by Gasteiger charge is 2.12. The molecular formula is C6H10N2O2S. The van der Waals surface area contributed by atoms with Crippen molar-refractivity contribution in [1.82, 2.24) is 9.78 Å². The predicted molar refractivity (Wildman–Crippen MR) is 40.9 cm³/mol. The molecule has 0 aliphatic carbocycles. The molecule has 1 aromatic heterocycles. The Balaban J connectivity index is 3.13. The van der Waals surface area contributed by atoms with E-state index in [1.165, 1.54) is 17.1 Å². The van der Waals surface area contributed by atoms with E-state index in [0.717, 1.165) is 0 Å². The molecule has 0 aliphatic rings. The average Bonchev–Trinajstić information content (AvgIpc) is 2.36. The standard InChI is InChI=1S/C6H10N2O2S/c1-3-11(9,10)6-4-7-8(2)5-6/h4-5H,3H2,1-2H3. The Bertz CT molecular complexity index is 339. The van der Waals surface area contributed by atoms with E-state index in [1.54, 1.807) is 14.0 Å². The first-order chi connectivity index (χ1) is 5.06. The topological polar surface area (TPSA) is 52.0 Å². The molecule has 0 bridgehead atoms. The molecule has 0 atom stereocenters. The van der Waals surface area contributed by atoms with Gasteiger partial charge in [0.05, 0.1) is 11.9 Å². The molecule has 0 unspecified atom stereocenters. The smallest absolute Gasteiger partial charge is 0.181 e. The van der Waals surface area contributed by atoms with Crippen molar-refractivity contribution in [2.75, 3.05) is 5.75 Å². The van der Waals surface area contributed by atoms with Gasteiger partial charge in [0.2, 0.25) is 0 Å². The number of rotatable bonds is 2. The molecule has 0 radical (unpaired) electrons. The van der Waals surface area contributed by atoms with Crippen LogP contribution in [0.2, 0.25) is 0 Å². The van der Waals surface area contributed by atoms with Gasteiger partial charge in [-0.1, -0.05) is 6.92 Å². The molecule has 0 aromatic carbocycles. The normalized spacial score (nSPS) is 11.8. The minimum Gasteiger partial charge on any atom is -0.274 e. The molecule has 0 fully saturated rings. The van der Waals surface area contributed by atoms with Crippen LogP contribution >= 0.6 is 0 Å². The summed E-state index contributed by atoms with van der Waals surface area (Å²) in [7, 11) is -1.37. The van der Waals surface area contributed by atoms with Gasteiger partial charge in [-0.2, -0.15) is 5.10 Å². The Kier molecular flexibility index (Phi) is 1.99. The highest BCUT2D eigenvalue weighted by Crippen LogP contribution is 2.07. The number of sulfone groups is 1. The summed E-state index contributed by atoms with van der Waals surface area (Å²) in [6, 6.07) is 0. The fraction of sp³-hybridized carbons (Fsp3) is 0.500. The van der Waals surface area contributed by atoms with E-state index < -0.39 is 9.84 Å². The van der Waals surface area contributed by atoms with E-state index in [0.29, 0.717) is 4.90 Å². The Morgan fingerprint density at radius 2 is 2.27 bits per heavy atom. The van der Waals surface area contributed by atoms with Crippen LogP contribution < -0.4 is 0 Å². The van der Waals surface area contributed by atoms with Gasteiger partial charge in [-0.15, -0.1) is 0 Å². The molecule has 1 aromatic rings.